The van der Waals surface area contributed by atoms with E-state index in [1.54, 1.807) is 6.07 Å². The van der Waals surface area contributed by atoms with Gasteiger partial charge in [0.1, 0.15) is 11.6 Å². The van der Waals surface area contributed by atoms with Crippen molar-refractivity contribution < 1.29 is 13.7 Å². The lowest BCUT2D eigenvalue weighted by Gasteiger charge is -2.34. The van der Waals surface area contributed by atoms with Gasteiger partial charge < -0.3 is 14.4 Å². The van der Waals surface area contributed by atoms with Crippen LogP contribution in [0.3, 0.4) is 0 Å². The molecule has 1 aromatic carbocycles. The molecule has 6 nitrogen and oxygen atoms in total. The standard InChI is InChI=1S/C20H21FN4O2/c21-12-8-9-15-16(11-12)23-19(22-15)17-7-3-4-10-25(17)20(26)18-13-5-1-2-6-14(13)24-27-18/h8-9,11,17H,1-7,10H2,(H,22,23). The van der Waals surface area contributed by atoms with Gasteiger partial charge in [-0.05, 0) is 63.1 Å². The number of aromatic amines is 1. The number of aryl methyl sites for hydroxylation is 1. The lowest BCUT2D eigenvalue weighted by atomic mass is 9.95. The molecular formula is C20H21FN4O2. The van der Waals surface area contributed by atoms with Crippen LogP contribution in [0.25, 0.3) is 11.0 Å². The maximum absolute atomic E-state index is 13.5. The number of amides is 1. The van der Waals surface area contributed by atoms with E-state index in [1.807, 2.05) is 4.90 Å². The van der Waals surface area contributed by atoms with Gasteiger partial charge in [-0.3, -0.25) is 4.79 Å². The van der Waals surface area contributed by atoms with Gasteiger partial charge in [0.15, 0.2) is 0 Å². The number of imidazole rings is 1. The Morgan fingerprint density at radius 1 is 1.22 bits per heavy atom. The van der Waals surface area contributed by atoms with Crippen molar-refractivity contribution in [3.8, 4) is 0 Å². The Hall–Kier alpha value is -2.70. The number of nitrogens with zero attached hydrogens (tertiary/aromatic N) is 3. The third-order valence-corrected chi connectivity index (χ3v) is 5.70. The predicted molar refractivity (Wildman–Crippen MR) is 96.8 cm³/mol. The molecule has 1 atom stereocenters. The average molecular weight is 368 g/mol. The van der Waals surface area contributed by atoms with Crippen LogP contribution in [0.5, 0.6) is 0 Å². The lowest BCUT2D eigenvalue weighted by molar-refractivity contribution is 0.0557. The highest BCUT2D eigenvalue weighted by Gasteiger charge is 2.35. The number of piperidine rings is 1. The summed E-state index contributed by atoms with van der Waals surface area (Å²) in [4.78, 5) is 22.9. The largest absolute Gasteiger partial charge is 0.350 e. The predicted octanol–water partition coefficient (Wildman–Crippen LogP) is 3.94. The summed E-state index contributed by atoms with van der Waals surface area (Å²) in [5, 5.41) is 4.13. The topological polar surface area (TPSA) is 75.0 Å². The number of nitrogens with one attached hydrogen (secondary N) is 1. The number of H-pyrrole nitrogens is 1. The van der Waals surface area contributed by atoms with E-state index >= 15 is 0 Å². The van der Waals surface area contributed by atoms with E-state index < -0.39 is 0 Å². The summed E-state index contributed by atoms with van der Waals surface area (Å²) in [6.07, 6.45) is 6.68. The molecule has 0 spiro atoms. The van der Waals surface area contributed by atoms with Crippen LogP contribution in [0, 0.1) is 5.82 Å². The van der Waals surface area contributed by atoms with Crippen LogP contribution in [0.15, 0.2) is 22.7 Å². The van der Waals surface area contributed by atoms with Gasteiger partial charge >= 0.3 is 0 Å². The molecule has 1 N–H and O–H groups in total. The van der Waals surface area contributed by atoms with Crippen molar-refractivity contribution in [2.75, 3.05) is 6.54 Å². The number of carbonyl (C=O) groups is 1. The Morgan fingerprint density at radius 2 is 2.11 bits per heavy atom. The number of aromatic nitrogens is 3. The number of hydrogen-bond acceptors (Lipinski definition) is 4. The van der Waals surface area contributed by atoms with E-state index in [2.05, 4.69) is 15.1 Å². The second kappa shape index (κ2) is 6.48. The Balaban J connectivity index is 1.49. The van der Waals surface area contributed by atoms with E-state index in [4.69, 9.17) is 4.52 Å². The van der Waals surface area contributed by atoms with Gasteiger partial charge in [0.2, 0.25) is 5.76 Å². The average Bonchev–Trinajstić information content (AvgIpc) is 3.31. The molecule has 7 heteroatoms. The molecule has 27 heavy (non-hydrogen) atoms. The fraction of sp³-hybridized carbons (Fsp3) is 0.450. The Labute approximate surface area is 155 Å². The molecule has 1 amide bonds. The number of hydrogen-bond donors (Lipinski definition) is 1. The molecule has 3 heterocycles. The van der Waals surface area contributed by atoms with E-state index in [9.17, 15) is 9.18 Å². The summed E-state index contributed by atoms with van der Waals surface area (Å²) >= 11 is 0. The lowest BCUT2D eigenvalue weighted by Crippen LogP contribution is -2.39. The first-order valence-electron chi connectivity index (χ1n) is 9.64. The van der Waals surface area contributed by atoms with Crippen molar-refractivity contribution in [2.24, 2.45) is 0 Å². The first-order chi connectivity index (χ1) is 13.2. The molecule has 1 unspecified atom stereocenters. The third-order valence-electron chi connectivity index (χ3n) is 5.70. The first kappa shape index (κ1) is 16.5. The van der Waals surface area contributed by atoms with Gasteiger partial charge in [-0.25, -0.2) is 9.37 Å². The second-order valence-corrected chi connectivity index (χ2v) is 7.44. The Morgan fingerprint density at radius 3 is 3.04 bits per heavy atom. The highest BCUT2D eigenvalue weighted by Crippen LogP contribution is 2.33. The number of halogens is 1. The van der Waals surface area contributed by atoms with E-state index in [1.165, 1.54) is 12.1 Å². The number of carbonyl (C=O) groups excluding carboxylic acids is 1. The van der Waals surface area contributed by atoms with Crippen molar-refractivity contribution in [3.63, 3.8) is 0 Å². The molecule has 140 valence electrons. The summed E-state index contributed by atoms with van der Waals surface area (Å²) in [5.41, 5.74) is 3.26. The molecule has 3 aromatic rings. The number of benzene rings is 1. The quantitative estimate of drug-likeness (QED) is 0.743. The first-order valence-corrected chi connectivity index (χ1v) is 9.64. The number of fused-ring (bicyclic) bond motifs is 2. The second-order valence-electron chi connectivity index (χ2n) is 7.44. The molecule has 1 fully saturated rings. The van der Waals surface area contributed by atoms with Crippen LogP contribution in [-0.4, -0.2) is 32.5 Å². The van der Waals surface area contributed by atoms with Crippen LogP contribution >= 0.6 is 0 Å². The molecule has 0 bridgehead atoms. The monoisotopic (exact) mass is 368 g/mol. The normalized spacial score (nSPS) is 20.0. The molecule has 2 aliphatic rings. The number of rotatable bonds is 2. The maximum atomic E-state index is 13.5. The molecule has 0 saturated carbocycles. The molecule has 5 rings (SSSR count). The zero-order valence-corrected chi connectivity index (χ0v) is 15.0. The highest BCUT2D eigenvalue weighted by atomic mass is 19.1. The Kier molecular flexibility index (Phi) is 3.95. The van der Waals surface area contributed by atoms with Crippen LogP contribution in [0.1, 0.15) is 65.8 Å². The smallest absolute Gasteiger partial charge is 0.293 e. The summed E-state index contributed by atoms with van der Waals surface area (Å²) < 4.78 is 19.0. The SMILES string of the molecule is O=C(c1onc2c1CCCC2)N1CCCCC1c1nc2ccc(F)cc2[nH]1. The minimum atomic E-state index is -0.303. The number of likely N-dealkylation sites (tertiary alicyclic amines) is 1. The van der Waals surface area contributed by atoms with Crippen LogP contribution in [-0.2, 0) is 12.8 Å². The van der Waals surface area contributed by atoms with Crippen molar-refractivity contribution >= 4 is 16.9 Å². The molecular weight excluding hydrogens is 347 g/mol. The van der Waals surface area contributed by atoms with Gasteiger partial charge in [0.05, 0.1) is 22.8 Å². The van der Waals surface area contributed by atoms with Crippen LogP contribution in [0.2, 0.25) is 0 Å². The summed E-state index contributed by atoms with van der Waals surface area (Å²) in [6, 6.07) is 4.34. The third kappa shape index (κ3) is 2.81. The highest BCUT2D eigenvalue weighted by molar-refractivity contribution is 5.93. The van der Waals surface area contributed by atoms with Gasteiger partial charge in [-0.15, -0.1) is 0 Å². The van der Waals surface area contributed by atoms with Gasteiger partial charge in [0.25, 0.3) is 5.91 Å². The minimum Gasteiger partial charge on any atom is -0.350 e. The van der Waals surface area contributed by atoms with Crippen molar-refractivity contribution in [1.29, 1.82) is 0 Å². The zero-order chi connectivity index (χ0) is 18.4. The minimum absolute atomic E-state index is 0.109. The van der Waals surface area contributed by atoms with Crippen molar-refractivity contribution in [3.05, 3.63) is 46.9 Å². The molecule has 2 aromatic heterocycles. The molecule has 1 aliphatic heterocycles. The van der Waals surface area contributed by atoms with E-state index in [0.29, 0.717) is 29.2 Å². The summed E-state index contributed by atoms with van der Waals surface area (Å²) in [7, 11) is 0. The molecule has 1 aliphatic carbocycles. The fourth-order valence-electron chi connectivity index (χ4n) is 4.31. The molecule has 1 saturated heterocycles. The van der Waals surface area contributed by atoms with Crippen molar-refractivity contribution in [2.45, 2.75) is 51.0 Å². The van der Waals surface area contributed by atoms with Gasteiger partial charge in [0, 0.05) is 12.1 Å². The van der Waals surface area contributed by atoms with Gasteiger partial charge in [-0.1, -0.05) is 5.16 Å². The maximum Gasteiger partial charge on any atom is 0.293 e. The summed E-state index contributed by atoms with van der Waals surface area (Å²) in [5.74, 6) is 0.681. The Bertz CT molecular complexity index is 1010. The summed E-state index contributed by atoms with van der Waals surface area (Å²) in [6.45, 7) is 0.657. The van der Waals surface area contributed by atoms with Crippen molar-refractivity contribution in [1.82, 2.24) is 20.0 Å². The van der Waals surface area contributed by atoms with Crippen LogP contribution in [0.4, 0.5) is 4.39 Å². The fourth-order valence-corrected chi connectivity index (χ4v) is 4.31. The van der Waals surface area contributed by atoms with Gasteiger partial charge in [-0.2, -0.15) is 0 Å². The van der Waals surface area contributed by atoms with E-state index in [-0.39, 0.29) is 17.8 Å². The van der Waals surface area contributed by atoms with Crippen LogP contribution < -0.4 is 0 Å². The zero-order valence-electron chi connectivity index (χ0n) is 15.0. The van der Waals surface area contributed by atoms with E-state index in [0.717, 1.165) is 56.2 Å². The molecule has 0 radical (unpaired) electrons.